The average Bonchev–Trinajstić information content (AvgIpc) is 2.36. The van der Waals surface area contributed by atoms with Crippen LogP contribution in [0.3, 0.4) is 0 Å². The molecule has 0 aliphatic rings. The minimum Gasteiger partial charge on any atom is -0.348 e. The lowest BCUT2D eigenvalue weighted by Crippen LogP contribution is -2.35. The van der Waals surface area contributed by atoms with Crippen molar-refractivity contribution in [2.45, 2.75) is 32.5 Å². The molecule has 1 atom stereocenters. The van der Waals surface area contributed by atoms with Gasteiger partial charge in [-0.15, -0.1) is 0 Å². The van der Waals surface area contributed by atoms with Crippen LogP contribution in [0.1, 0.15) is 31.9 Å². The molecule has 1 N–H and O–H groups in total. The molecule has 1 rings (SSSR count). The van der Waals surface area contributed by atoms with Crippen molar-refractivity contribution in [3.63, 3.8) is 0 Å². The van der Waals surface area contributed by atoms with E-state index in [1.165, 1.54) is 4.90 Å². The van der Waals surface area contributed by atoms with Crippen molar-refractivity contribution < 1.29 is 13.2 Å². The molecule has 6 heteroatoms. The second-order valence-electron chi connectivity index (χ2n) is 4.49. The summed E-state index contributed by atoms with van der Waals surface area (Å²) < 4.78 is 37.7. The third-order valence-electron chi connectivity index (χ3n) is 2.89. The second kappa shape index (κ2) is 6.75. The van der Waals surface area contributed by atoms with Crippen molar-refractivity contribution >= 4 is 5.82 Å². The summed E-state index contributed by atoms with van der Waals surface area (Å²) in [6.07, 6.45) is -2.03. The summed E-state index contributed by atoms with van der Waals surface area (Å²) in [5, 5.41) is 3.06. The van der Waals surface area contributed by atoms with Crippen molar-refractivity contribution in [2.75, 3.05) is 25.0 Å². The molecule has 1 aromatic heterocycles. The first kappa shape index (κ1) is 15.8. The Morgan fingerprint density at radius 3 is 2.63 bits per heavy atom. The van der Waals surface area contributed by atoms with Crippen LogP contribution >= 0.6 is 0 Å². The summed E-state index contributed by atoms with van der Waals surface area (Å²) in [5.74, 6) is 0.374. The standard InChI is InChI=1S/C13H20F3N3/c1-4-7-19(9-13(14,15)16)12-8-11(5-6-18-12)10(2)17-3/h5-6,8,10,17H,4,7,9H2,1-3H3. The van der Waals surface area contributed by atoms with Crippen molar-refractivity contribution in [1.82, 2.24) is 10.3 Å². The lowest BCUT2D eigenvalue weighted by molar-refractivity contribution is -0.119. The first-order chi connectivity index (χ1) is 8.87. The SMILES string of the molecule is CCCN(CC(F)(F)F)c1cc(C(C)NC)ccn1. The number of pyridine rings is 1. The zero-order chi connectivity index (χ0) is 14.5. The molecule has 0 fully saturated rings. The van der Waals surface area contributed by atoms with Crippen LogP contribution in [0.4, 0.5) is 19.0 Å². The summed E-state index contributed by atoms with van der Waals surface area (Å²) >= 11 is 0. The molecule has 0 saturated carbocycles. The third kappa shape index (κ3) is 5.06. The summed E-state index contributed by atoms with van der Waals surface area (Å²) in [7, 11) is 1.81. The highest BCUT2D eigenvalue weighted by molar-refractivity contribution is 5.42. The molecule has 3 nitrogen and oxygen atoms in total. The normalized spacial score (nSPS) is 13.4. The quantitative estimate of drug-likeness (QED) is 0.864. The second-order valence-corrected chi connectivity index (χ2v) is 4.49. The third-order valence-corrected chi connectivity index (χ3v) is 2.89. The van der Waals surface area contributed by atoms with Gasteiger partial charge in [-0.2, -0.15) is 13.2 Å². The Morgan fingerprint density at radius 2 is 2.11 bits per heavy atom. The zero-order valence-corrected chi connectivity index (χ0v) is 11.5. The molecule has 19 heavy (non-hydrogen) atoms. The molecule has 0 radical (unpaired) electrons. The number of halogens is 3. The van der Waals surface area contributed by atoms with Gasteiger partial charge in [-0.3, -0.25) is 0 Å². The maximum absolute atomic E-state index is 12.6. The Labute approximate surface area is 111 Å². The van der Waals surface area contributed by atoms with Crippen molar-refractivity contribution in [1.29, 1.82) is 0 Å². The largest absolute Gasteiger partial charge is 0.405 e. The number of hydrogen-bond donors (Lipinski definition) is 1. The molecule has 1 heterocycles. The Kier molecular flexibility index (Phi) is 5.60. The molecular formula is C13H20F3N3. The van der Waals surface area contributed by atoms with Gasteiger partial charge in [-0.1, -0.05) is 6.92 Å². The molecule has 108 valence electrons. The molecule has 0 amide bonds. The van der Waals surface area contributed by atoms with Gasteiger partial charge in [-0.25, -0.2) is 4.98 Å². The molecule has 0 aromatic carbocycles. The van der Waals surface area contributed by atoms with Crippen LogP contribution in [0.25, 0.3) is 0 Å². The van der Waals surface area contributed by atoms with E-state index in [2.05, 4.69) is 10.3 Å². The van der Waals surface area contributed by atoms with E-state index in [0.717, 1.165) is 5.56 Å². The van der Waals surface area contributed by atoms with Crippen molar-refractivity contribution in [3.05, 3.63) is 23.9 Å². The Hall–Kier alpha value is -1.30. The van der Waals surface area contributed by atoms with Crippen LogP contribution in [-0.2, 0) is 0 Å². The number of nitrogens with one attached hydrogen (secondary N) is 1. The summed E-state index contributed by atoms with van der Waals surface area (Å²) in [4.78, 5) is 5.33. The van der Waals surface area contributed by atoms with E-state index in [-0.39, 0.29) is 6.04 Å². The van der Waals surface area contributed by atoms with E-state index in [4.69, 9.17) is 0 Å². The fourth-order valence-electron chi connectivity index (χ4n) is 1.80. The predicted molar refractivity (Wildman–Crippen MR) is 70.3 cm³/mol. The Balaban J connectivity index is 2.95. The number of alkyl halides is 3. The highest BCUT2D eigenvalue weighted by Crippen LogP contribution is 2.23. The van der Waals surface area contributed by atoms with Gasteiger partial charge in [0.25, 0.3) is 0 Å². The van der Waals surface area contributed by atoms with E-state index in [1.54, 1.807) is 12.3 Å². The highest BCUT2D eigenvalue weighted by Gasteiger charge is 2.31. The van der Waals surface area contributed by atoms with Gasteiger partial charge in [0.2, 0.25) is 0 Å². The van der Waals surface area contributed by atoms with Crippen molar-refractivity contribution in [3.8, 4) is 0 Å². The first-order valence-corrected chi connectivity index (χ1v) is 6.32. The predicted octanol–water partition coefficient (Wildman–Crippen LogP) is 3.14. The molecule has 0 spiro atoms. The number of hydrogen-bond acceptors (Lipinski definition) is 3. The summed E-state index contributed by atoms with van der Waals surface area (Å²) in [6, 6.07) is 3.60. The van der Waals surface area contributed by atoms with Crippen LogP contribution < -0.4 is 10.2 Å². The smallest absolute Gasteiger partial charge is 0.348 e. The molecule has 0 bridgehead atoms. The fraction of sp³-hybridized carbons (Fsp3) is 0.615. The lowest BCUT2D eigenvalue weighted by Gasteiger charge is -2.25. The van der Waals surface area contributed by atoms with Gasteiger partial charge in [-0.05, 0) is 38.1 Å². The number of aromatic nitrogens is 1. The summed E-state index contributed by atoms with van der Waals surface area (Å²) in [5.41, 5.74) is 0.927. The Morgan fingerprint density at radius 1 is 1.42 bits per heavy atom. The monoisotopic (exact) mass is 275 g/mol. The molecule has 0 aliphatic carbocycles. The lowest BCUT2D eigenvalue weighted by atomic mass is 10.1. The number of rotatable bonds is 6. The van der Waals surface area contributed by atoms with Gasteiger partial charge in [0.05, 0.1) is 0 Å². The maximum Gasteiger partial charge on any atom is 0.405 e. The molecule has 0 saturated heterocycles. The first-order valence-electron chi connectivity index (χ1n) is 6.32. The zero-order valence-electron chi connectivity index (χ0n) is 11.5. The van der Waals surface area contributed by atoms with Crippen LogP contribution in [0.2, 0.25) is 0 Å². The fourth-order valence-corrected chi connectivity index (χ4v) is 1.80. The number of nitrogens with zero attached hydrogens (tertiary/aromatic N) is 2. The van der Waals surface area contributed by atoms with E-state index in [0.29, 0.717) is 18.8 Å². The maximum atomic E-state index is 12.6. The summed E-state index contributed by atoms with van der Waals surface area (Å²) in [6.45, 7) is 3.17. The topological polar surface area (TPSA) is 28.2 Å². The molecule has 1 unspecified atom stereocenters. The van der Waals surface area contributed by atoms with Crippen LogP contribution in [-0.4, -0.2) is 31.3 Å². The van der Waals surface area contributed by atoms with E-state index >= 15 is 0 Å². The highest BCUT2D eigenvalue weighted by atomic mass is 19.4. The van der Waals surface area contributed by atoms with Gasteiger partial charge in [0, 0.05) is 18.8 Å². The van der Waals surface area contributed by atoms with E-state index in [1.807, 2.05) is 27.0 Å². The van der Waals surface area contributed by atoms with E-state index < -0.39 is 12.7 Å². The Bertz CT molecular complexity index is 393. The van der Waals surface area contributed by atoms with Crippen LogP contribution in [0.15, 0.2) is 18.3 Å². The van der Waals surface area contributed by atoms with Crippen LogP contribution in [0, 0.1) is 0 Å². The minimum absolute atomic E-state index is 0.0797. The van der Waals surface area contributed by atoms with Crippen LogP contribution in [0.5, 0.6) is 0 Å². The number of anilines is 1. The minimum atomic E-state index is -4.22. The molecule has 1 aromatic rings. The average molecular weight is 275 g/mol. The van der Waals surface area contributed by atoms with Gasteiger partial charge in [0.1, 0.15) is 12.4 Å². The molecular weight excluding hydrogens is 255 g/mol. The molecule has 0 aliphatic heterocycles. The van der Waals surface area contributed by atoms with Crippen molar-refractivity contribution in [2.24, 2.45) is 0 Å². The van der Waals surface area contributed by atoms with Gasteiger partial charge >= 0.3 is 6.18 Å². The van der Waals surface area contributed by atoms with Gasteiger partial charge < -0.3 is 10.2 Å². The van der Waals surface area contributed by atoms with E-state index in [9.17, 15) is 13.2 Å². The van der Waals surface area contributed by atoms with Gasteiger partial charge in [0.15, 0.2) is 0 Å².